The van der Waals surface area contributed by atoms with E-state index in [1.165, 1.54) is 23.3 Å². The van der Waals surface area contributed by atoms with Gasteiger partial charge in [-0.2, -0.15) is 0 Å². The molecule has 0 aliphatic heterocycles. The van der Waals surface area contributed by atoms with Gasteiger partial charge in [0.2, 0.25) is 0 Å². The summed E-state index contributed by atoms with van der Waals surface area (Å²) >= 11 is 1.93. The molecule has 0 bridgehead atoms. The van der Waals surface area contributed by atoms with Crippen molar-refractivity contribution in [3.8, 4) is 0 Å². The van der Waals surface area contributed by atoms with Gasteiger partial charge in [-0.05, 0) is 56.4 Å². The van der Waals surface area contributed by atoms with Gasteiger partial charge in [0.25, 0.3) is 0 Å². The molecule has 1 aromatic rings. The molecule has 1 saturated carbocycles. The topological polar surface area (TPSA) is 32.3 Å². The number of rotatable bonds is 9. The number of benzene rings is 1. The Balaban J connectivity index is 1.77. The van der Waals surface area contributed by atoms with Crippen LogP contribution in [0.3, 0.4) is 0 Å². The van der Waals surface area contributed by atoms with E-state index in [1.54, 1.807) is 0 Å². The van der Waals surface area contributed by atoms with Crippen molar-refractivity contribution in [1.82, 2.24) is 5.32 Å². The van der Waals surface area contributed by atoms with E-state index in [1.807, 2.05) is 11.8 Å². The maximum absolute atomic E-state index is 9.74. The zero-order valence-corrected chi connectivity index (χ0v) is 13.5. The van der Waals surface area contributed by atoms with Gasteiger partial charge in [0.15, 0.2) is 0 Å². The lowest BCUT2D eigenvalue weighted by Gasteiger charge is -2.32. The van der Waals surface area contributed by atoms with Crippen molar-refractivity contribution in [2.75, 3.05) is 12.4 Å². The quantitative estimate of drug-likeness (QED) is 0.537. The molecule has 1 unspecified atom stereocenters. The van der Waals surface area contributed by atoms with Crippen molar-refractivity contribution in [1.29, 1.82) is 0 Å². The van der Waals surface area contributed by atoms with E-state index < -0.39 is 0 Å². The van der Waals surface area contributed by atoms with Gasteiger partial charge in [-0.1, -0.05) is 25.1 Å². The highest BCUT2D eigenvalue weighted by Gasteiger charge is 2.33. The van der Waals surface area contributed by atoms with Gasteiger partial charge in [0.1, 0.15) is 0 Å². The number of aliphatic hydroxyl groups excluding tert-OH is 1. The van der Waals surface area contributed by atoms with Gasteiger partial charge < -0.3 is 10.4 Å². The molecular weight excluding hydrogens is 266 g/mol. The van der Waals surface area contributed by atoms with Gasteiger partial charge in [-0.3, -0.25) is 0 Å². The smallest absolute Gasteiger partial charge is 0.0613 e. The van der Waals surface area contributed by atoms with Crippen LogP contribution in [-0.4, -0.2) is 29.0 Å². The summed E-state index contributed by atoms with van der Waals surface area (Å²) in [4.78, 5) is 1.38. The average molecular weight is 293 g/mol. The van der Waals surface area contributed by atoms with Crippen LogP contribution in [0, 0.1) is 6.92 Å². The standard InChI is InChI=1S/C17H27NOS/c1-3-17(13-19,18-15-9-10-15)11-6-12-20-16-8-5-4-7-14(16)2/h4-5,7-8,15,18-19H,3,6,9-13H2,1-2H3. The molecule has 2 N–H and O–H groups in total. The molecule has 2 rings (SSSR count). The second-order valence-electron chi connectivity index (χ2n) is 5.93. The summed E-state index contributed by atoms with van der Waals surface area (Å²) in [6, 6.07) is 9.22. The van der Waals surface area contributed by atoms with Crippen LogP contribution >= 0.6 is 11.8 Å². The van der Waals surface area contributed by atoms with E-state index >= 15 is 0 Å². The normalized spacial score (nSPS) is 17.9. The van der Waals surface area contributed by atoms with E-state index in [-0.39, 0.29) is 12.1 Å². The SMILES string of the molecule is CCC(CO)(CCCSc1ccccc1C)NC1CC1. The Hall–Kier alpha value is -0.510. The Morgan fingerprint density at radius 2 is 2.10 bits per heavy atom. The zero-order chi connectivity index (χ0) is 14.4. The minimum atomic E-state index is -0.0482. The molecule has 0 spiro atoms. The van der Waals surface area contributed by atoms with Gasteiger partial charge in [-0.25, -0.2) is 0 Å². The molecule has 0 radical (unpaired) electrons. The number of aryl methyl sites for hydroxylation is 1. The van der Waals surface area contributed by atoms with Crippen molar-refractivity contribution in [3.05, 3.63) is 29.8 Å². The maximum atomic E-state index is 9.74. The predicted octanol–water partition coefficient (Wildman–Crippen LogP) is 3.76. The fourth-order valence-electron chi connectivity index (χ4n) is 2.56. The second kappa shape index (κ2) is 7.48. The summed E-state index contributed by atoms with van der Waals surface area (Å²) in [6.45, 7) is 4.61. The zero-order valence-electron chi connectivity index (χ0n) is 12.7. The van der Waals surface area contributed by atoms with Crippen molar-refractivity contribution >= 4 is 11.8 Å². The van der Waals surface area contributed by atoms with E-state index in [0.29, 0.717) is 6.04 Å². The first kappa shape index (κ1) is 15.9. The van der Waals surface area contributed by atoms with E-state index in [2.05, 4.69) is 43.4 Å². The minimum Gasteiger partial charge on any atom is -0.394 e. The molecule has 0 heterocycles. The number of nitrogens with one attached hydrogen (secondary N) is 1. The summed E-state index contributed by atoms with van der Waals surface area (Å²) < 4.78 is 0. The molecule has 1 atom stereocenters. The first-order valence-electron chi connectivity index (χ1n) is 7.76. The highest BCUT2D eigenvalue weighted by Crippen LogP contribution is 2.28. The summed E-state index contributed by atoms with van der Waals surface area (Å²) in [5, 5.41) is 13.4. The lowest BCUT2D eigenvalue weighted by atomic mass is 9.91. The average Bonchev–Trinajstić information content (AvgIpc) is 3.28. The molecule has 1 aliphatic carbocycles. The largest absolute Gasteiger partial charge is 0.394 e. The van der Waals surface area contributed by atoms with Crippen molar-refractivity contribution in [2.45, 2.75) is 62.4 Å². The molecule has 0 amide bonds. The van der Waals surface area contributed by atoms with Crippen LogP contribution in [0.15, 0.2) is 29.2 Å². The fourth-order valence-corrected chi connectivity index (χ4v) is 3.54. The molecule has 3 heteroatoms. The predicted molar refractivity (Wildman–Crippen MR) is 87.4 cm³/mol. The fraction of sp³-hybridized carbons (Fsp3) is 0.647. The number of hydrogen-bond donors (Lipinski definition) is 2. The van der Waals surface area contributed by atoms with Crippen LogP contribution < -0.4 is 5.32 Å². The van der Waals surface area contributed by atoms with Crippen LogP contribution in [0.25, 0.3) is 0 Å². The number of hydrogen-bond acceptors (Lipinski definition) is 3. The monoisotopic (exact) mass is 293 g/mol. The van der Waals surface area contributed by atoms with Crippen LogP contribution in [0.4, 0.5) is 0 Å². The van der Waals surface area contributed by atoms with E-state index in [0.717, 1.165) is 25.0 Å². The van der Waals surface area contributed by atoms with Crippen LogP contribution in [0.2, 0.25) is 0 Å². The molecule has 2 nitrogen and oxygen atoms in total. The lowest BCUT2D eigenvalue weighted by molar-refractivity contribution is 0.144. The lowest BCUT2D eigenvalue weighted by Crippen LogP contribution is -2.49. The maximum Gasteiger partial charge on any atom is 0.0613 e. The first-order chi connectivity index (χ1) is 9.69. The summed E-state index contributed by atoms with van der Waals surface area (Å²) in [5.41, 5.74) is 1.31. The van der Waals surface area contributed by atoms with Gasteiger partial charge in [0.05, 0.1) is 6.61 Å². The molecule has 1 aliphatic rings. The third kappa shape index (κ3) is 4.51. The van der Waals surface area contributed by atoms with Crippen molar-refractivity contribution in [2.24, 2.45) is 0 Å². The third-order valence-electron chi connectivity index (χ3n) is 4.22. The Kier molecular flexibility index (Phi) is 5.94. The van der Waals surface area contributed by atoms with Gasteiger partial charge in [-0.15, -0.1) is 11.8 Å². The third-order valence-corrected chi connectivity index (χ3v) is 5.48. The highest BCUT2D eigenvalue weighted by atomic mass is 32.2. The Labute approximate surface area is 127 Å². The summed E-state index contributed by atoms with van der Waals surface area (Å²) in [6.07, 6.45) is 5.77. The summed E-state index contributed by atoms with van der Waals surface area (Å²) in [5.74, 6) is 1.12. The molecule has 0 saturated heterocycles. The highest BCUT2D eigenvalue weighted by molar-refractivity contribution is 7.99. The molecule has 1 fully saturated rings. The van der Waals surface area contributed by atoms with E-state index in [4.69, 9.17) is 0 Å². The minimum absolute atomic E-state index is 0.0482. The Morgan fingerprint density at radius 3 is 2.70 bits per heavy atom. The van der Waals surface area contributed by atoms with Gasteiger partial charge in [0, 0.05) is 16.5 Å². The molecule has 0 aromatic heterocycles. The van der Waals surface area contributed by atoms with Crippen LogP contribution in [0.5, 0.6) is 0 Å². The molecule has 20 heavy (non-hydrogen) atoms. The molecular formula is C17H27NOS. The Morgan fingerprint density at radius 1 is 1.35 bits per heavy atom. The number of thioether (sulfide) groups is 1. The molecule has 1 aromatic carbocycles. The van der Waals surface area contributed by atoms with Gasteiger partial charge >= 0.3 is 0 Å². The van der Waals surface area contributed by atoms with Crippen LogP contribution in [0.1, 0.15) is 44.6 Å². The van der Waals surface area contributed by atoms with E-state index in [9.17, 15) is 5.11 Å². The van der Waals surface area contributed by atoms with Crippen molar-refractivity contribution in [3.63, 3.8) is 0 Å². The first-order valence-corrected chi connectivity index (χ1v) is 8.74. The van der Waals surface area contributed by atoms with Crippen LogP contribution in [-0.2, 0) is 0 Å². The second-order valence-corrected chi connectivity index (χ2v) is 7.06. The molecule has 112 valence electrons. The Bertz CT molecular complexity index is 413. The summed E-state index contributed by atoms with van der Waals surface area (Å²) in [7, 11) is 0. The van der Waals surface area contributed by atoms with Crippen molar-refractivity contribution < 1.29 is 5.11 Å². The number of aliphatic hydroxyl groups is 1.